The van der Waals surface area contributed by atoms with Crippen molar-refractivity contribution >= 4 is 16.8 Å². The molecule has 1 saturated heterocycles. The molecule has 1 fully saturated rings. The maximum absolute atomic E-state index is 12.9. The predicted molar refractivity (Wildman–Crippen MR) is 110 cm³/mol. The van der Waals surface area contributed by atoms with Crippen LogP contribution >= 0.6 is 0 Å². The third kappa shape index (κ3) is 3.50. The number of amides is 1. The lowest BCUT2D eigenvalue weighted by Gasteiger charge is -2.23. The van der Waals surface area contributed by atoms with Crippen LogP contribution in [0.25, 0.3) is 10.9 Å². The lowest BCUT2D eigenvalue weighted by molar-refractivity contribution is 0.0818. The van der Waals surface area contributed by atoms with E-state index in [-0.39, 0.29) is 5.91 Å². The fourth-order valence-corrected chi connectivity index (χ4v) is 4.14. The minimum atomic E-state index is 0.0541. The molecule has 1 aliphatic heterocycles. The van der Waals surface area contributed by atoms with Crippen LogP contribution in [0.3, 0.4) is 0 Å². The number of fused-ring (bicyclic) bond motifs is 1. The fourth-order valence-electron chi connectivity index (χ4n) is 4.14. The zero-order valence-corrected chi connectivity index (χ0v) is 16.1. The van der Waals surface area contributed by atoms with Gasteiger partial charge in [-0.3, -0.25) is 4.79 Å². The lowest BCUT2D eigenvalue weighted by atomic mass is 9.88. The molecular formula is C23H27N3O. The van der Waals surface area contributed by atoms with Gasteiger partial charge in [0.05, 0.1) is 0 Å². The molecule has 1 amide bonds. The number of hydrogen-bond donors (Lipinski definition) is 1. The van der Waals surface area contributed by atoms with Crippen LogP contribution in [-0.2, 0) is 6.54 Å². The summed E-state index contributed by atoms with van der Waals surface area (Å²) in [7, 11) is 3.64. The Morgan fingerprint density at radius 3 is 2.52 bits per heavy atom. The highest BCUT2D eigenvalue weighted by Gasteiger charge is 2.22. The molecule has 2 heterocycles. The van der Waals surface area contributed by atoms with E-state index in [0.29, 0.717) is 12.5 Å². The molecule has 1 aromatic heterocycles. The van der Waals surface area contributed by atoms with Crippen molar-refractivity contribution in [2.75, 3.05) is 27.2 Å². The van der Waals surface area contributed by atoms with Gasteiger partial charge in [0.15, 0.2) is 0 Å². The van der Waals surface area contributed by atoms with Crippen LogP contribution in [0.4, 0.5) is 0 Å². The SMILES string of the molecule is CN(C)C(=O)c1cc2c(C3CCNCC3)cccc2n1Cc1ccccc1. The number of benzene rings is 2. The molecule has 4 nitrogen and oxygen atoms in total. The van der Waals surface area contributed by atoms with Crippen LogP contribution < -0.4 is 5.32 Å². The number of nitrogens with zero attached hydrogens (tertiary/aromatic N) is 2. The molecule has 0 unspecified atom stereocenters. The van der Waals surface area contributed by atoms with Crippen LogP contribution in [0.15, 0.2) is 54.6 Å². The number of carbonyl (C=O) groups excluding carboxylic acids is 1. The number of rotatable bonds is 4. The Morgan fingerprint density at radius 1 is 1.07 bits per heavy atom. The maximum atomic E-state index is 12.9. The first kappa shape index (κ1) is 17.8. The van der Waals surface area contributed by atoms with E-state index in [1.165, 1.54) is 16.5 Å². The zero-order chi connectivity index (χ0) is 18.8. The van der Waals surface area contributed by atoms with Crippen molar-refractivity contribution in [3.8, 4) is 0 Å². The summed E-state index contributed by atoms with van der Waals surface area (Å²) in [5.41, 5.74) is 4.50. The van der Waals surface area contributed by atoms with Crippen LogP contribution in [0.5, 0.6) is 0 Å². The Balaban J connectivity index is 1.85. The largest absolute Gasteiger partial charge is 0.343 e. The molecule has 3 aromatic rings. The molecule has 0 atom stereocenters. The van der Waals surface area contributed by atoms with Crippen molar-refractivity contribution in [3.05, 3.63) is 71.4 Å². The Labute approximate surface area is 160 Å². The number of nitrogens with one attached hydrogen (secondary N) is 1. The van der Waals surface area contributed by atoms with Gasteiger partial charge in [-0.1, -0.05) is 42.5 Å². The van der Waals surface area contributed by atoms with Gasteiger partial charge >= 0.3 is 0 Å². The first-order chi connectivity index (χ1) is 13.1. The zero-order valence-electron chi connectivity index (χ0n) is 16.1. The lowest BCUT2D eigenvalue weighted by Crippen LogP contribution is -2.26. The molecule has 0 spiro atoms. The molecule has 4 rings (SSSR count). The molecule has 2 aromatic carbocycles. The molecule has 0 aliphatic carbocycles. The highest BCUT2D eigenvalue weighted by atomic mass is 16.2. The second-order valence-electron chi connectivity index (χ2n) is 7.61. The van der Waals surface area contributed by atoms with Gasteiger partial charge in [-0.2, -0.15) is 0 Å². The quantitative estimate of drug-likeness (QED) is 0.766. The maximum Gasteiger partial charge on any atom is 0.270 e. The van der Waals surface area contributed by atoms with Crippen molar-refractivity contribution in [2.24, 2.45) is 0 Å². The monoisotopic (exact) mass is 361 g/mol. The molecule has 27 heavy (non-hydrogen) atoms. The molecule has 1 N–H and O–H groups in total. The van der Waals surface area contributed by atoms with E-state index in [1.54, 1.807) is 4.90 Å². The molecule has 4 heteroatoms. The van der Waals surface area contributed by atoms with Crippen LogP contribution in [0, 0.1) is 0 Å². The van der Waals surface area contributed by atoms with Crippen molar-refractivity contribution in [2.45, 2.75) is 25.3 Å². The molecule has 140 valence electrons. The van der Waals surface area contributed by atoms with Gasteiger partial charge in [-0.15, -0.1) is 0 Å². The van der Waals surface area contributed by atoms with Gasteiger partial charge < -0.3 is 14.8 Å². The Morgan fingerprint density at radius 2 is 1.81 bits per heavy atom. The molecule has 0 saturated carbocycles. The smallest absolute Gasteiger partial charge is 0.270 e. The Kier molecular flexibility index (Phi) is 4.99. The van der Waals surface area contributed by atoms with Gasteiger partial charge in [0.25, 0.3) is 5.91 Å². The van der Waals surface area contributed by atoms with Crippen molar-refractivity contribution in [1.82, 2.24) is 14.8 Å². The van der Waals surface area contributed by atoms with Crippen molar-refractivity contribution in [3.63, 3.8) is 0 Å². The van der Waals surface area contributed by atoms with Crippen molar-refractivity contribution in [1.29, 1.82) is 0 Å². The summed E-state index contributed by atoms with van der Waals surface area (Å²) in [5, 5.41) is 4.68. The van der Waals surface area contributed by atoms with E-state index in [1.807, 2.05) is 20.2 Å². The summed E-state index contributed by atoms with van der Waals surface area (Å²) < 4.78 is 2.18. The molecule has 1 aliphatic rings. The minimum absolute atomic E-state index is 0.0541. The van der Waals surface area contributed by atoms with Gasteiger partial charge in [-0.05, 0) is 55.1 Å². The summed E-state index contributed by atoms with van der Waals surface area (Å²) in [6.07, 6.45) is 2.31. The molecular weight excluding hydrogens is 334 g/mol. The van der Waals surface area contributed by atoms with E-state index in [0.717, 1.165) is 37.1 Å². The predicted octanol–water partition coefficient (Wildman–Crippen LogP) is 3.86. The van der Waals surface area contributed by atoms with E-state index in [9.17, 15) is 4.79 Å². The second-order valence-corrected chi connectivity index (χ2v) is 7.61. The fraction of sp³-hybridized carbons (Fsp3) is 0.348. The minimum Gasteiger partial charge on any atom is -0.343 e. The standard InChI is InChI=1S/C23H27N3O/c1-25(2)23(27)22-15-20-19(18-11-13-24-14-12-18)9-6-10-21(20)26(22)16-17-7-4-3-5-8-17/h3-10,15,18,24H,11-14,16H2,1-2H3. The van der Waals surface area contributed by atoms with Gasteiger partial charge in [0.2, 0.25) is 0 Å². The normalized spacial score (nSPS) is 15.2. The Hall–Kier alpha value is -2.59. The molecule has 0 radical (unpaired) electrons. The summed E-state index contributed by atoms with van der Waals surface area (Å²) in [6.45, 7) is 2.83. The number of piperidine rings is 1. The van der Waals surface area contributed by atoms with E-state index in [2.05, 4.69) is 58.4 Å². The van der Waals surface area contributed by atoms with Crippen LogP contribution in [0.1, 0.15) is 40.4 Å². The van der Waals surface area contributed by atoms with Crippen LogP contribution in [-0.4, -0.2) is 42.6 Å². The summed E-state index contributed by atoms with van der Waals surface area (Å²) in [5.74, 6) is 0.614. The summed E-state index contributed by atoms with van der Waals surface area (Å²) in [4.78, 5) is 14.6. The third-order valence-electron chi connectivity index (χ3n) is 5.57. The molecule has 0 bridgehead atoms. The van der Waals surface area contributed by atoms with Crippen molar-refractivity contribution < 1.29 is 4.79 Å². The average Bonchev–Trinajstić information content (AvgIpc) is 3.07. The summed E-state index contributed by atoms with van der Waals surface area (Å²) >= 11 is 0. The van der Waals surface area contributed by atoms with Crippen LogP contribution in [0.2, 0.25) is 0 Å². The first-order valence-corrected chi connectivity index (χ1v) is 9.73. The summed E-state index contributed by atoms with van der Waals surface area (Å²) in [6, 6.07) is 19.0. The highest BCUT2D eigenvalue weighted by Crippen LogP contribution is 2.33. The second kappa shape index (κ2) is 7.57. The first-order valence-electron chi connectivity index (χ1n) is 9.73. The third-order valence-corrected chi connectivity index (χ3v) is 5.57. The van der Waals surface area contributed by atoms with Gasteiger partial charge in [0.1, 0.15) is 5.69 Å². The average molecular weight is 361 g/mol. The topological polar surface area (TPSA) is 37.3 Å². The number of hydrogen-bond acceptors (Lipinski definition) is 2. The number of carbonyl (C=O) groups is 1. The Bertz CT molecular complexity index is 937. The van der Waals surface area contributed by atoms with E-state index >= 15 is 0 Å². The highest BCUT2D eigenvalue weighted by molar-refractivity contribution is 5.99. The van der Waals surface area contributed by atoms with Gasteiger partial charge in [-0.25, -0.2) is 0 Å². The van der Waals surface area contributed by atoms with E-state index in [4.69, 9.17) is 0 Å². The van der Waals surface area contributed by atoms with E-state index < -0.39 is 0 Å². The van der Waals surface area contributed by atoms with Gasteiger partial charge in [0, 0.05) is 31.5 Å². The number of aromatic nitrogens is 1.